The topological polar surface area (TPSA) is 162 Å². The number of rotatable bonds is 7. The molecule has 1 aliphatic rings. The van der Waals surface area contributed by atoms with Gasteiger partial charge in [-0.25, -0.2) is 21.8 Å². The standard InChI is InChI=1S/C18H32N8O2S/c1-12-16(28-13-7-5-4-6-8-13)10-9-14(23-12)17(19)15(25(2)21)11-26(22)24-18(20)29(3)27/h9-10,13H,4-8,11,19,21-22H2,1-3H3,(H2,20,24)/b17-15-. The minimum atomic E-state index is -1.42. The molecule has 8 N–H and O–H groups in total. The summed E-state index contributed by atoms with van der Waals surface area (Å²) in [6.45, 7) is 1.94. The zero-order valence-corrected chi connectivity index (χ0v) is 18.1. The molecule has 0 bridgehead atoms. The van der Waals surface area contributed by atoms with E-state index in [1.807, 2.05) is 13.0 Å². The van der Waals surface area contributed by atoms with Crippen LogP contribution in [0.2, 0.25) is 0 Å². The Morgan fingerprint density at radius 2 is 1.93 bits per heavy atom. The number of nitrogens with two attached hydrogens (primary N) is 4. The van der Waals surface area contributed by atoms with Gasteiger partial charge in [-0.15, -0.1) is 5.10 Å². The maximum atomic E-state index is 11.3. The van der Waals surface area contributed by atoms with E-state index >= 15 is 0 Å². The first-order valence-electron chi connectivity index (χ1n) is 9.50. The molecule has 2 rings (SSSR count). The average molecular weight is 425 g/mol. The third-order valence-corrected chi connectivity index (χ3v) is 5.40. The minimum absolute atomic E-state index is 0.0534. The van der Waals surface area contributed by atoms with E-state index in [9.17, 15) is 4.21 Å². The lowest BCUT2D eigenvalue weighted by Crippen LogP contribution is -2.39. The Morgan fingerprint density at radius 3 is 2.48 bits per heavy atom. The number of likely N-dealkylation sites (N-methyl/N-ethyl adjacent to an activating group) is 1. The van der Waals surface area contributed by atoms with Crippen LogP contribution in [0.3, 0.4) is 0 Å². The molecule has 1 heterocycles. The maximum absolute atomic E-state index is 11.3. The summed E-state index contributed by atoms with van der Waals surface area (Å²) in [6, 6.07) is 3.67. The Kier molecular flexibility index (Phi) is 8.23. The van der Waals surface area contributed by atoms with Crippen LogP contribution in [0.5, 0.6) is 5.75 Å². The molecule has 10 nitrogen and oxygen atoms in total. The zero-order valence-electron chi connectivity index (χ0n) is 17.3. The molecular weight excluding hydrogens is 392 g/mol. The molecular formula is C18H32N8O2S. The van der Waals surface area contributed by atoms with Crippen LogP contribution in [0.1, 0.15) is 43.5 Å². The summed E-state index contributed by atoms with van der Waals surface area (Å²) in [5.41, 5.74) is 14.0. The SMILES string of the molecule is Cc1nc(/C(N)=C(\CN(N)/N=C(\N)S(C)=O)N(C)N)ccc1OC1CCCCC1. The van der Waals surface area contributed by atoms with Gasteiger partial charge in [0.05, 0.1) is 46.2 Å². The molecule has 0 radical (unpaired) electrons. The summed E-state index contributed by atoms with van der Waals surface area (Å²) >= 11 is 0. The third kappa shape index (κ3) is 6.58. The lowest BCUT2D eigenvalue weighted by Gasteiger charge is -2.24. The first kappa shape index (κ1) is 22.9. The molecule has 1 aliphatic carbocycles. The van der Waals surface area contributed by atoms with Crippen molar-refractivity contribution in [3.8, 4) is 5.75 Å². The molecule has 1 aromatic heterocycles. The summed E-state index contributed by atoms with van der Waals surface area (Å²) in [5, 5.41) is 6.15. The predicted octanol–water partition coefficient (Wildman–Crippen LogP) is 0.318. The molecule has 0 aromatic carbocycles. The van der Waals surface area contributed by atoms with Gasteiger partial charge in [0.1, 0.15) is 5.75 Å². The molecule has 0 spiro atoms. The van der Waals surface area contributed by atoms with Crippen LogP contribution < -0.4 is 27.9 Å². The summed E-state index contributed by atoms with van der Waals surface area (Å²) in [7, 11) is 0.209. The average Bonchev–Trinajstić information content (AvgIpc) is 2.67. The van der Waals surface area contributed by atoms with Crippen LogP contribution in [0.4, 0.5) is 0 Å². The number of hydrogen-bond donors (Lipinski definition) is 4. The van der Waals surface area contributed by atoms with Gasteiger partial charge in [-0.3, -0.25) is 4.21 Å². The third-order valence-electron chi connectivity index (χ3n) is 4.73. The molecule has 1 aromatic rings. The number of hydrazone groups is 1. The quantitative estimate of drug-likeness (QED) is 0.209. The van der Waals surface area contributed by atoms with Crippen LogP contribution in [0, 0.1) is 6.92 Å². The monoisotopic (exact) mass is 424 g/mol. The van der Waals surface area contributed by atoms with Crippen molar-refractivity contribution in [3.05, 3.63) is 29.2 Å². The Morgan fingerprint density at radius 1 is 1.28 bits per heavy atom. The number of aryl methyl sites for hydroxylation is 1. The lowest BCUT2D eigenvalue weighted by molar-refractivity contribution is 0.153. The van der Waals surface area contributed by atoms with Gasteiger partial charge in [0.15, 0.2) is 0 Å². The van der Waals surface area contributed by atoms with Crippen molar-refractivity contribution in [2.45, 2.75) is 45.1 Å². The summed E-state index contributed by atoms with van der Waals surface area (Å²) in [5.74, 6) is 12.5. The van der Waals surface area contributed by atoms with E-state index in [4.69, 9.17) is 27.9 Å². The molecule has 1 fully saturated rings. The Labute approximate surface area is 174 Å². The molecule has 0 amide bonds. The Balaban J connectivity index is 2.21. The largest absolute Gasteiger partial charge is 0.489 e. The highest BCUT2D eigenvalue weighted by Crippen LogP contribution is 2.26. The van der Waals surface area contributed by atoms with Crippen LogP contribution in [0.25, 0.3) is 5.70 Å². The van der Waals surface area contributed by atoms with Crippen molar-refractivity contribution in [2.75, 3.05) is 19.8 Å². The summed E-state index contributed by atoms with van der Waals surface area (Å²) in [6.07, 6.45) is 7.47. The van der Waals surface area contributed by atoms with Crippen molar-refractivity contribution in [3.63, 3.8) is 0 Å². The van der Waals surface area contributed by atoms with Gasteiger partial charge < -0.3 is 21.2 Å². The molecule has 1 unspecified atom stereocenters. The van der Waals surface area contributed by atoms with E-state index in [1.165, 1.54) is 30.5 Å². The van der Waals surface area contributed by atoms with Crippen molar-refractivity contribution >= 4 is 21.7 Å². The van der Waals surface area contributed by atoms with E-state index in [-0.39, 0.29) is 17.8 Å². The van der Waals surface area contributed by atoms with Gasteiger partial charge >= 0.3 is 0 Å². The minimum Gasteiger partial charge on any atom is -0.489 e. The second-order valence-electron chi connectivity index (χ2n) is 7.12. The van der Waals surface area contributed by atoms with E-state index in [0.717, 1.165) is 29.4 Å². The zero-order chi connectivity index (χ0) is 21.6. The number of ether oxygens (including phenoxy) is 1. The van der Waals surface area contributed by atoms with Crippen LogP contribution in [-0.4, -0.2) is 50.4 Å². The fourth-order valence-corrected chi connectivity index (χ4v) is 3.31. The number of hydrogen-bond acceptors (Lipinski definition) is 9. The van der Waals surface area contributed by atoms with Crippen LogP contribution >= 0.6 is 0 Å². The van der Waals surface area contributed by atoms with Gasteiger partial charge in [0, 0.05) is 13.3 Å². The maximum Gasteiger partial charge on any atom is 0.209 e. The molecule has 11 heteroatoms. The van der Waals surface area contributed by atoms with E-state index in [1.54, 1.807) is 13.1 Å². The van der Waals surface area contributed by atoms with E-state index in [2.05, 4.69) is 10.1 Å². The van der Waals surface area contributed by atoms with Crippen molar-refractivity contribution in [2.24, 2.45) is 28.3 Å². The van der Waals surface area contributed by atoms with Crippen LogP contribution in [0.15, 0.2) is 22.9 Å². The highest BCUT2D eigenvalue weighted by Gasteiger charge is 2.18. The second-order valence-corrected chi connectivity index (χ2v) is 8.45. The number of nitrogens with zero attached hydrogens (tertiary/aromatic N) is 4. The number of pyridine rings is 1. The normalized spacial score (nSPS) is 17.5. The molecule has 0 aliphatic heterocycles. The first-order chi connectivity index (χ1) is 13.7. The molecule has 162 valence electrons. The molecule has 1 atom stereocenters. The van der Waals surface area contributed by atoms with Gasteiger partial charge in [0.25, 0.3) is 0 Å². The smallest absolute Gasteiger partial charge is 0.209 e. The number of aromatic nitrogens is 1. The number of amidine groups is 1. The highest BCUT2D eigenvalue weighted by atomic mass is 32.2. The van der Waals surface area contributed by atoms with E-state index < -0.39 is 10.8 Å². The Bertz CT molecular complexity index is 790. The highest BCUT2D eigenvalue weighted by molar-refractivity contribution is 7.99. The predicted molar refractivity (Wildman–Crippen MR) is 116 cm³/mol. The summed E-state index contributed by atoms with van der Waals surface area (Å²) in [4.78, 5) is 4.58. The van der Waals surface area contributed by atoms with Gasteiger partial charge in [-0.1, -0.05) is 6.42 Å². The van der Waals surface area contributed by atoms with Gasteiger partial charge in [0.2, 0.25) is 5.17 Å². The number of hydrazine groups is 2. The van der Waals surface area contributed by atoms with Gasteiger partial charge in [-0.05, 0) is 44.7 Å². The Hall–Kier alpha value is -2.37. The molecule has 0 saturated heterocycles. The van der Waals surface area contributed by atoms with E-state index in [0.29, 0.717) is 17.1 Å². The van der Waals surface area contributed by atoms with Crippen molar-refractivity contribution < 1.29 is 8.95 Å². The van der Waals surface area contributed by atoms with Crippen LogP contribution in [-0.2, 0) is 10.8 Å². The first-order valence-corrected chi connectivity index (χ1v) is 11.1. The molecule has 1 saturated carbocycles. The summed E-state index contributed by atoms with van der Waals surface area (Å²) < 4.78 is 17.5. The van der Waals surface area contributed by atoms with Gasteiger partial charge in [-0.2, -0.15) is 0 Å². The van der Waals surface area contributed by atoms with Crippen molar-refractivity contribution in [1.29, 1.82) is 0 Å². The fraction of sp³-hybridized carbons (Fsp3) is 0.556. The molecule has 29 heavy (non-hydrogen) atoms. The lowest BCUT2D eigenvalue weighted by atomic mass is 9.98. The van der Waals surface area contributed by atoms with Crippen molar-refractivity contribution in [1.82, 2.24) is 15.1 Å². The fourth-order valence-electron chi connectivity index (χ4n) is 3.09. The second kappa shape index (κ2) is 10.4.